The molecule has 6 nitrogen and oxygen atoms in total. The standard InChI is InChI=1S/C21H28N4O2/c22-17-8-13-24-18(17)19(26)25(20(24)27)16-6-4-15(5-7-16)21(9-3-10-21)14-23-11-1-2-12-23/h4-7,17-18H,1-3,8-14,22H2/t17-,18+/m1/s1. The number of fused-ring (bicyclic) bond motifs is 1. The highest BCUT2D eigenvalue weighted by Crippen LogP contribution is 2.45. The summed E-state index contributed by atoms with van der Waals surface area (Å²) in [5.41, 5.74) is 8.33. The van der Waals surface area contributed by atoms with Crippen LogP contribution >= 0.6 is 0 Å². The molecule has 2 N–H and O–H groups in total. The Morgan fingerprint density at radius 3 is 2.30 bits per heavy atom. The number of hydrogen-bond acceptors (Lipinski definition) is 4. The van der Waals surface area contributed by atoms with Crippen LogP contribution in [0, 0.1) is 0 Å². The molecule has 4 aliphatic rings. The van der Waals surface area contributed by atoms with Crippen LogP contribution in [0.25, 0.3) is 0 Å². The molecule has 3 aliphatic heterocycles. The highest BCUT2D eigenvalue weighted by molar-refractivity contribution is 6.21. The third-order valence-corrected chi connectivity index (χ3v) is 7.13. The fourth-order valence-electron chi connectivity index (χ4n) is 5.41. The van der Waals surface area contributed by atoms with Crippen LogP contribution < -0.4 is 10.6 Å². The SMILES string of the molecule is N[C@@H]1CCN2C(=O)N(c3ccc(C4(CN5CCCC5)CCC4)cc3)C(=O)[C@H]12. The molecule has 6 heteroatoms. The van der Waals surface area contributed by atoms with Crippen LogP contribution in [0.4, 0.5) is 10.5 Å². The van der Waals surface area contributed by atoms with Crippen molar-refractivity contribution in [3.63, 3.8) is 0 Å². The minimum Gasteiger partial charge on any atom is -0.325 e. The molecule has 1 aromatic carbocycles. The second kappa shape index (κ2) is 6.31. The fraction of sp³-hybridized carbons (Fsp3) is 0.619. The van der Waals surface area contributed by atoms with Crippen LogP contribution in [0.15, 0.2) is 24.3 Å². The summed E-state index contributed by atoms with van der Waals surface area (Å²) in [6, 6.07) is 7.21. The summed E-state index contributed by atoms with van der Waals surface area (Å²) in [5, 5.41) is 0. The number of carbonyl (C=O) groups excluding carboxylic acids is 2. The number of nitrogens with zero attached hydrogens (tertiary/aromatic N) is 3. The molecule has 0 unspecified atom stereocenters. The maximum Gasteiger partial charge on any atom is 0.332 e. The van der Waals surface area contributed by atoms with Crippen LogP contribution in [0.5, 0.6) is 0 Å². The summed E-state index contributed by atoms with van der Waals surface area (Å²) in [4.78, 5) is 31.0. The molecule has 4 fully saturated rings. The lowest BCUT2D eigenvalue weighted by Gasteiger charge is -2.45. The molecule has 0 bridgehead atoms. The van der Waals surface area contributed by atoms with Gasteiger partial charge < -0.3 is 15.5 Å². The first-order valence-electron chi connectivity index (χ1n) is 10.3. The van der Waals surface area contributed by atoms with Crippen molar-refractivity contribution in [2.75, 3.05) is 31.1 Å². The fourth-order valence-corrected chi connectivity index (χ4v) is 5.41. The Kier molecular flexibility index (Phi) is 4.02. The van der Waals surface area contributed by atoms with Gasteiger partial charge in [0.25, 0.3) is 5.91 Å². The van der Waals surface area contributed by atoms with Crippen molar-refractivity contribution in [2.45, 2.75) is 56.0 Å². The normalized spacial score (nSPS) is 30.1. The summed E-state index contributed by atoms with van der Waals surface area (Å²) in [7, 11) is 0. The van der Waals surface area contributed by atoms with Gasteiger partial charge in [0.1, 0.15) is 6.04 Å². The van der Waals surface area contributed by atoms with E-state index in [0.717, 1.165) is 6.54 Å². The third-order valence-electron chi connectivity index (χ3n) is 7.13. The van der Waals surface area contributed by atoms with Gasteiger partial charge in [0, 0.05) is 24.5 Å². The Bertz CT molecular complexity index is 752. The van der Waals surface area contributed by atoms with Crippen LogP contribution in [0.2, 0.25) is 0 Å². The number of rotatable bonds is 4. The lowest BCUT2D eigenvalue weighted by Crippen LogP contribution is -2.45. The zero-order valence-electron chi connectivity index (χ0n) is 15.8. The molecule has 144 valence electrons. The van der Waals surface area contributed by atoms with Gasteiger partial charge in [-0.3, -0.25) is 4.79 Å². The van der Waals surface area contributed by atoms with Crippen molar-refractivity contribution < 1.29 is 9.59 Å². The molecule has 1 saturated carbocycles. The number of likely N-dealkylation sites (tertiary alicyclic amines) is 1. The second-order valence-corrected chi connectivity index (χ2v) is 8.71. The number of carbonyl (C=O) groups is 2. The van der Waals surface area contributed by atoms with E-state index in [9.17, 15) is 9.59 Å². The minimum atomic E-state index is -0.481. The van der Waals surface area contributed by atoms with Crippen molar-refractivity contribution in [3.05, 3.63) is 29.8 Å². The van der Waals surface area contributed by atoms with E-state index in [2.05, 4.69) is 17.0 Å². The first-order chi connectivity index (χ1) is 13.1. The first kappa shape index (κ1) is 17.2. The lowest BCUT2D eigenvalue weighted by atomic mass is 9.64. The predicted molar refractivity (Wildman–Crippen MR) is 104 cm³/mol. The lowest BCUT2D eigenvalue weighted by molar-refractivity contribution is -0.119. The number of imide groups is 1. The monoisotopic (exact) mass is 368 g/mol. The molecule has 0 spiro atoms. The summed E-state index contributed by atoms with van der Waals surface area (Å²) in [6.07, 6.45) is 7.08. The molecule has 0 radical (unpaired) electrons. The Morgan fingerprint density at radius 1 is 1.00 bits per heavy atom. The van der Waals surface area contributed by atoms with E-state index < -0.39 is 6.04 Å². The summed E-state index contributed by atoms with van der Waals surface area (Å²) >= 11 is 0. The Hall–Kier alpha value is -1.92. The van der Waals surface area contributed by atoms with E-state index in [1.165, 1.54) is 55.7 Å². The maximum atomic E-state index is 12.8. The van der Waals surface area contributed by atoms with Crippen LogP contribution in [0.1, 0.15) is 44.1 Å². The summed E-state index contributed by atoms with van der Waals surface area (Å²) in [5.74, 6) is -0.173. The van der Waals surface area contributed by atoms with Gasteiger partial charge in [-0.2, -0.15) is 0 Å². The third kappa shape index (κ3) is 2.61. The van der Waals surface area contributed by atoms with Gasteiger partial charge in [0.15, 0.2) is 0 Å². The van der Waals surface area contributed by atoms with Gasteiger partial charge in [0.05, 0.1) is 5.69 Å². The largest absolute Gasteiger partial charge is 0.332 e. The average molecular weight is 368 g/mol. The second-order valence-electron chi connectivity index (χ2n) is 8.71. The smallest absolute Gasteiger partial charge is 0.325 e. The van der Waals surface area contributed by atoms with E-state index in [0.29, 0.717) is 18.7 Å². The Morgan fingerprint density at radius 2 is 1.70 bits per heavy atom. The average Bonchev–Trinajstić information content (AvgIpc) is 3.33. The molecule has 1 aromatic rings. The Balaban J connectivity index is 1.37. The molecule has 0 aromatic heterocycles. The number of benzene rings is 1. The first-order valence-corrected chi connectivity index (χ1v) is 10.3. The molecule has 3 amide bonds. The van der Waals surface area contributed by atoms with Gasteiger partial charge in [0.2, 0.25) is 0 Å². The summed E-state index contributed by atoms with van der Waals surface area (Å²) < 4.78 is 0. The highest BCUT2D eigenvalue weighted by atomic mass is 16.2. The van der Waals surface area contributed by atoms with E-state index in [-0.39, 0.29) is 23.4 Å². The van der Waals surface area contributed by atoms with Crippen molar-refractivity contribution in [3.8, 4) is 0 Å². The van der Waals surface area contributed by atoms with E-state index in [4.69, 9.17) is 5.73 Å². The number of urea groups is 1. The number of amides is 3. The molecule has 3 heterocycles. The number of hydrogen-bond donors (Lipinski definition) is 1. The molecular formula is C21H28N4O2. The van der Waals surface area contributed by atoms with Crippen LogP contribution in [0.3, 0.4) is 0 Å². The minimum absolute atomic E-state index is 0.173. The predicted octanol–water partition coefficient (Wildman–Crippen LogP) is 2.07. The van der Waals surface area contributed by atoms with Crippen molar-refractivity contribution in [2.24, 2.45) is 5.73 Å². The van der Waals surface area contributed by atoms with E-state index in [1.807, 2.05) is 12.1 Å². The maximum absolute atomic E-state index is 12.8. The van der Waals surface area contributed by atoms with Crippen molar-refractivity contribution in [1.82, 2.24) is 9.80 Å². The van der Waals surface area contributed by atoms with Crippen molar-refractivity contribution >= 4 is 17.6 Å². The molecule has 5 rings (SSSR count). The quantitative estimate of drug-likeness (QED) is 0.826. The number of nitrogens with two attached hydrogens (primary N) is 1. The van der Waals surface area contributed by atoms with Gasteiger partial charge in [-0.25, -0.2) is 9.69 Å². The molecular weight excluding hydrogens is 340 g/mol. The van der Waals surface area contributed by atoms with Crippen LogP contribution in [-0.2, 0) is 10.2 Å². The van der Waals surface area contributed by atoms with E-state index in [1.54, 1.807) is 4.90 Å². The highest BCUT2D eigenvalue weighted by Gasteiger charge is 2.51. The van der Waals surface area contributed by atoms with Gasteiger partial charge in [-0.05, 0) is 62.9 Å². The van der Waals surface area contributed by atoms with Gasteiger partial charge in [-0.15, -0.1) is 0 Å². The molecule has 2 atom stereocenters. The molecule has 27 heavy (non-hydrogen) atoms. The zero-order valence-corrected chi connectivity index (χ0v) is 15.8. The van der Waals surface area contributed by atoms with Crippen LogP contribution in [-0.4, -0.2) is 60.0 Å². The van der Waals surface area contributed by atoms with Gasteiger partial charge >= 0.3 is 6.03 Å². The number of anilines is 1. The Labute approximate surface area is 160 Å². The summed E-state index contributed by atoms with van der Waals surface area (Å²) in [6.45, 7) is 4.14. The molecule has 1 aliphatic carbocycles. The van der Waals surface area contributed by atoms with Crippen molar-refractivity contribution in [1.29, 1.82) is 0 Å². The molecule has 3 saturated heterocycles. The van der Waals surface area contributed by atoms with E-state index >= 15 is 0 Å². The zero-order chi connectivity index (χ0) is 18.6. The topological polar surface area (TPSA) is 69.9 Å². The van der Waals surface area contributed by atoms with Gasteiger partial charge in [-0.1, -0.05) is 18.6 Å².